The molecule has 0 atom stereocenters. The molecule has 0 saturated heterocycles. The second-order valence-electron chi connectivity index (χ2n) is 4.78. The van der Waals surface area contributed by atoms with Gasteiger partial charge in [-0.1, -0.05) is 32.9 Å². The van der Waals surface area contributed by atoms with E-state index in [2.05, 4.69) is 25.7 Å². The molecule has 102 valence electrons. The largest absolute Gasteiger partial charge is 0.329 e. The van der Waals surface area contributed by atoms with Crippen molar-refractivity contribution in [2.75, 3.05) is 13.1 Å². The molecule has 0 aliphatic heterocycles. The maximum Gasteiger partial charge on any atom is 0.123 e. The normalized spacial score (nSPS) is 12.1. The van der Waals surface area contributed by atoms with Gasteiger partial charge in [0.05, 0.1) is 0 Å². The number of hydrogen-bond acceptors (Lipinski definition) is 2. The Balaban J connectivity index is 2.86. The molecule has 0 aliphatic rings. The fourth-order valence-corrected chi connectivity index (χ4v) is 2.54. The smallest absolute Gasteiger partial charge is 0.123 e. The molecule has 0 spiro atoms. The van der Waals surface area contributed by atoms with Crippen molar-refractivity contribution in [2.24, 2.45) is 5.73 Å². The molecule has 1 aromatic carbocycles. The van der Waals surface area contributed by atoms with Crippen molar-refractivity contribution in [3.05, 3.63) is 35.6 Å². The third-order valence-electron chi connectivity index (χ3n) is 4.04. The van der Waals surface area contributed by atoms with E-state index in [0.717, 1.165) is 31.5 Å². The molecule has 0 fully saturated rings. The van der Waals surface area contributed by atoms with Crippen LogP contribution in [0.25, 0.3) is 0 Å². The molecule has 1 rings (SSSR count). The average Bonchev–Trinajstić information content (AvgIpc) is 2.42. The second kappa shape index (κ2) is 6.86. The maximum absolute atomic E-state index is 12.9. The predicted molar refractivity (Wildman–Crippen MR) is 74.9 cm³/mol. The van der Waals surface area contributed by atoms with E-state index in [4.69, 9.17) is 5.73 Å². The van der Waals surface area contributed by atoms with Gasteiger partial charge >= 0.3 is 0 Å². The molecule has 0 bridgehead atoms. The minimum absolute atomic E-state index is 0.0587. The molecule has 0 heterocycles. The fourth-order valence-electron chi connectivity index (χ4n) is 2.54. The average molecular weight is 252 g/mol. The number of nitrogens with zero attached hydrogens (tertiary/aromatic N) is 1. The van der Waals surface area contributed by atoms with Crippen LogP contribution in [0, 0.1) is 5.82 Å². The van der Waals surface area contributed by atoms with E-state index >= 15 is 0 Å². The SMILES string of the molecule is CCN(Cc1ccc(F)cc1)C(CC)(CC)CN. The van der Waals surface area contributed by atoms with Crippen LogP contribution in [0.3, 0.4) is 0 Å². The lowest BCUT2D eigenvalue weighted by Crippen LogP contribution is -2.52. The highest BCUT2D eigenvalue weighted by atomic mass is 19.1. The van der Waals surface area contributed by atoms with E-state index in [1.54, 1.807) is 0 Å². The van der Waals surface area contributed by atoms with Gasteiger partial charge in [-0.2, -0.15) is 0 Å². The first-order valence-electron chi connectivity index (χ1n) is 6.81. The number of hydrogen-bond donors (Lipinski definition) is 1. The van der Waals surface area contributed by atoms with Gasteiger partial charge in [-0.3, -0.25) is 4.90 Å². The first-order chi connectivity index (χ1) is 8.61. The summed E-state index contributed by atoms with van der Waals surface area (Å²) in [7, 11) is 0. The lowest BCUT2D eigenvalue weighted by atomic mass is 9.90. The number of halogens is 1. The molecule has 3 heteroatoms. The van der Waals surface area contributed by atoms with Crippen LogP contribution in [0.1, 0.15) is 39.2 Å². The minimum Gasteiger partial charge on any atom is -0.329 e. The van der Waals surface area contributed by atoms with E-state index < -0.39 is 0 Å². The van der Waals surface area contributed by atoms with Crippen LogP contribution >= 0.6 is 0 Å². The van der Waals surface area contributed by atoms with E-state index in [0.29, 0.717) is 6.54 Å². The molecule has 18 heavy (non-hydrogen) atoms. The Morgan fingerprint density at radius 3 is 2.06 bits per heavy atom. The third-order valence-corrected chi connectivity index (χ3v) is 4.04. The van der Waals surface area contributed by atoms with E-state index in [1.807, 2.05) is 12.1 Å². The molecule has 0 saturated carbocycles. The molecule has 2 nitrogen and oxygen atoms in total. The van der Waals surface area contributed by atoms with E-state index in [9.17, 15) is 4.39 Å². The minimum atomic E-state index is -0.183. The van der Waals surface area contributed by atoms with Gasteiger partial charge in [-0.05, 0) is 37.1 Å². The van der Waals surface area contributed by atoms with Crippen molar-refractivity contribution in [1.29, 1.82) is 0 Å². The van der Waals surface area contributed by atoms with Gasteiger partial charge < -0.3 is 5.73 Å². The summed E-state index contributed by atoms with van der Waals surface area (Å²) in [6, 6.07) is 6.74. The highest BCUT2D eigenvalue weighted by molar-refractivity contribution is 5.16. The summed E-state index contributed by atoms with van der Waals surface area (Å²) < 4.78 is 12.9. The van der Waals surface area contributed by atoms with Crippen LogP contribution < -0.4 is 5.73 Å². The molecular formula is C15H25FN2. The summed E-state index contributed by atoms with van der Waals surface area (Å²) in [4.78, 5) is 2.40. The lowest BCUT2D eigenvalue weighted by molar-refractivity contribution is 0.0828. The molecule has 0 aliphatic carbocycles. The summed E-state index contributed by atoms with van der Waals surface area (Å²) in [6.07, 6.45) is 2.07. The summed E-state index contributed by atoms with van der Waals surface area (Å²) in [5, 5.41) is 0. The first-order valence-corrected chi connectivity index (χ1v) is 6.81. The Hall–Kier alpha value is -0.930. The van der Waals surface area contributed by atoms with Crippen molar-refractivity contribution in [3.63, 3.8) is 0 Å². The molecular weight excluding hydrogens is 227 g/mol. The summed E-state index contributed by atoms with van der Waals surface area (Å²) in [5.74, 6) is -0.183. The van der Waals surface area contributed by atoms with Gasteiger partial charge in [0, 0.05) is 18.6 Å². The molecule has 0 aromatic heterocycles. The first kappa shape index (κ1) is 15.1. The zero-order valence-electron chi connectivity index (χ0n) is 11.7. The summed E-state index contributed by atoms with van der Waals surface area (Å²) in [6.45, 7) is 8.97. The fraction of sp³-hybridized carbons (Fsp3) is 0.600. The summed E-state index contributed by atoms with van der Waals surface area (Å²) >= 11 is 0. The van der Waals surface area contributed by atoms with Crippen LogP contribution in [-0.2, 0) is 6.54 Å². The monoisotopic (exact) mass is 252 g/mol. The maximum atomic E-state index is 12.9. The zero-order chi connectivity index (χ0) is 13.6. The Kier molecular flexibility index (Phi) is 5.76. The number of likely N-dealkylation sites (N-methyl/N-ethyl adjacent to an activating group) is 1. The molecule has 0 amide bonds. The number of nitrogens with two attached hydrogens (primary N) is 1. The van der Waals surface area contributed by atoms with E-state index in [-0.39, 0.29) is 11.4 Å². The van der Waals surface area contributed by atoms with Crippen molar-refractivity contribution in [2.45, 2.75) is 45.7 Å². The van der Waals surface area contributed by atoms with Crippen LogP contribution in [0.15, 0.2) is 24.3 Å². The Morgan fingerprint density at radius 1 is 1.11 bits per heavy atom. The molecule has 1 aromatic rings. The Morgan fingerprint density at radius 2 is 1.67 bits per heavy atom. The zero-order valence-corrected chi connectivity index (χ0v) is 11.7. The topological polar surface area (TPSA) is 29.3 Å². The Bertz CT molecular complexity index is 336. The van der Waals surface area contributed by atoms with Gasteiger partial charge in [-0.15, -0.1) is 0 Å². The number of rotatable bonds is 7. The molecule has 0 radical (unpaired) electrons. The highest BCUT2D eigenvalue weighted by Gasteiger charge is 2.30. The van der Waals surface area contributed by atoms with Crippen LogP contribution in [0.4, 0.5) is 4.39 Å². The number of benzene rings is 1. The molecule has 0 unspecified atom stereocenters. The van der Waals surface area contributed by atoms with Crippen molar-refractivity contribution in [3.8, 4) is 0 Å². The second-order valence-corrected chi connectivity index (χ2v) is 4.78. The van der Waals surface area contributed by atoms with Crippen molar-refractivity contribution < 1.29 is 4.39 Å². The highest BCUT2D eigenvalue weighted by Crippen LogP contribution is 2.24. The Labute approximate surface area is 110 Å². The van der Waals surface area contributed by atoms with Crippen molar-refractivity contribution >= 4 is 0 Å². The third kappa shape index (κ3) is 3.30. The van der Waals surface area contributed by atoms with Crippen molar-refractivity contribution in [1.82, 2.24) is 4.90 Å². The summed E-state index contributed by atoms with van der Waals surface area (Å²) in [5.41, 5.74) is 7.18. The van der Waals surface area contributed by atoms with Gasteiger partial charge in [0.25, 0.3) is 0 Å². The van der Waals surface area contributed by atoms with Gasteiger partial charge in [0.15, 0.2) is 0 Å². The lowest BCUT2D eigenvalue weighted by Gasteiger charge is -2.42. The van der Waals surface area contributed by atoms with Gasteiger partial charge in [0.2, 0.25) is 0 Å². The molecule has 2 N–H and O–H groups in total. The quantitative estimate of drug-likeness (QED) is 0.807. The van der Waals surface area contributed by atoms with Crippen LogP contribution in [0.2, 0.25) is 0 Å². The van der Waals surface area contributed by atoms with Gasteiger partial charge in [0.1, 0.15) is 5.82 Å². The van der Waals surface area contributed by atoms with Gasteiger partial charge in [-0.25, -0.2) is 4.39 Å². The van der Waals surface area contributed by atoms with Crippen LogP contribution in [0.5, 0.6) is 0 Å². The van der Waals surface area contributed by atoms with Crippen LogP contribution in [-0.4, -0.2) is 23.5 Å². The standard InChI is InChI=1S/C15H25FN2/c1-4-15(5-2,12-17)18(6-3)11-13-7-9-14(16)10-8-13/h7-10H,4-6,11-12,17H2,1-3H3. The predicted octanol–water partition coefficient (Wildman–Crippen LogP) is 3.17. The van der Waals surface area contributed by atoms with E-state index in [1.165, 1.54) is 12.1 Å².